The Morgan fingerprint density at radius 2 is 0.745 bits per heavy atom. The fourth-order valence-corrected chi connectivity index (χ4v) is 9.72. The molecule has 55 heavy (non-hydrogen) atoms. The Balaban J connectivity index is 1.25. The second kappa shape index (κ2) is 12.1. The Kier molecular flexibility index (Phi) is 6.97. The van der Waals surface area contributed by atoms with Crippen LogP contribution < -0.4 is 0 Å². The van der Waals surface area contributed by atoms with Gasteiger partial charge in [-0.15, -0.1) is 0 Å². The van der Waals surface area contributed by atoms with Gasteiger partial charge in [-0.05, 0) is 126 Å². The molecule has 0 fully saturated rings. The second-order valence-corrected chi connectivity index (χ2v) is 15.1. The van der Waals surface area contributed by atoms with Crippen LogP contribution in [0.4, 0.5) is 5.69 Å². The highest BCUT2D eigenvalue weighted by atomic mass is 14.8. The third kappa shape index (κ3) is 4.57. The average molecular weight is 700 g/mol. The number of nitrogens with zero attached hydrogens (tertiary/aromatic N) is 1. The number of aryl methyl sites for hydroxylation is 2. The van der Waals surface area contributed by atoms with Gasteiger partial charge < -0.3 is 0 Å². The molecule has 1 heteroatoms. The van der Waals surface area contributed by atoms with E-state index in [0.29, 0.717) is 0 Å². The highest BCUT2D eigenvalue weighted by molar-refractivity contribution is 6.19. The van der Waals surface area contributed by atoms with Crippen LogP contribution >= 0.6 is 0 Å². The van der Waals surface area contributed by atoms with Gasteiger partial charge in [-0.25, -0.2) is 4.99 Å². The lowest BCUT2D eigenvalue weighted by molar-refractivity contribution is 0.757. The molecule has 9 aromatic rings. The summed E-state index contributed by atoms with van der Waals surface area (Å²) in [5.41, 5.74) is 19.0. The summed E-state index contributed by atoms with van der Waals surface area (Å²) in [6.07, 6.45) is 0. The maximum absolute atomic E-state index is 5.40. The summed E-state index contributed by atoms with van der Waals surface area (Å²) in [5.74, 6) is 0. The van der Waals surface area contributed by atoms with E-state index in [1.165, 1.54) is 99.4 Å². The largest absolute Gasteiger partial charge is 0.248 e. The van der Waals surface area contributed by atoms with E-state index in [1.807, 2.05) is 0 Å². The standard InChI is InChI=1S/C54H37N/c1-34-24-28-41(43-18-8-6-16-39(34)43)36-26-30-45-46-31-27-37(42-29-25-35(2)40-17-7-9-19-44(40)42)33-52(46)54(51(45)32-36)49-22-12-10-20-47(49)53(48-21-11-13-23-50(48)54)55-38-14-4-3-5-15-38/h3-33H,1-2H3. The molecule has 0 bridgehead atoms. The molecule has 2 aliphatic carbocycles. The summed E-state index contributed by atoms with van der Waals surface area (Å²) in [4.78, 5) is 5.40. The quantitative estimate of drug-likeness (QED) is 0.174. The Morgan fingerprint density at radius 3 is 1.25 bits per heavy atom. The zero-order chi connectivity index (χ0) is 36.7. The van der Waals surface area contributed by atoms with Crippen molar-refractivity contribution in [1.29, 1.82) is 0 Å². The lowest BCUT2D eigenvalue weighted by Gasteiger charge is -2.41. The van der Waals surface area contributed by atoms with Crippen molar-refractivity contribution >= 4 is 32.9 Å². The Morgan fingerprint density at radius 1 is 0.327 bits per heavy atom. The first-order chi connectivity index (χ1) is 27.1. The molecular weight excluding hydrogens is 663 g/mol. The molecular formula is C54H37N. The number of benzene rings is 9. The van der Waals surface area contributed by atoms with Crippen LogP contribution in [-0.4, -0.2) is 5.71 Å². The van der Waals surface area contributed by atoms with Gasteiger partial charge in [0.2, 0.25) is 0 Å². The summed E-state index contributed by atoms with van der Waals surface area (Å²) >= 11 is 0. The maximum Gasteiger partial charge on any atom is 0.0788 e. The van der Waals surface area contributed by atoms with Gasteiger partial charge in [-0.3, -0.25) is 0 Å². The van der Waals surface area contributed by atoms with E-state index in [-0.39, 0.29) is 0 Å². The van der Waals surface area contributed by atoms with Crippen molar-refractivity contribution in [1.82, 2.24) is 0 Å². The first kappa shape index (κ1) is 31.7. The van der Waals surface area contributed by atoms with Crippen molar-refractivity contribution in [2.24, 2.45) is 4.99 Å². The van der Waals surface area contributed by atoms with E-state index in [4.69, 9.17) is 4.99 Å². The highest BCUT2D eigenvalue weighted by Crippen LogP contribution is 2.60. The minimum absolute atomic E-state index is 0.583. The molecule has 0 aromatic heterocycles. The third-order valence-corrected chi connectivity index (χ3v) is 12.2. The van der Waals surface area contributed by atoms with Crippen molar-refractivity contribution in [3.63, 3.8) is 0 Å². The third-order valence-electron chi connectivity index (χ3n) is 12.2. The van der Waals surface area contributed by atoms with Crippen LogP contribution in [0, 0.1) is 13.8 Å². The Bertz CT molecular complexity index is 2870. The van der Waals surface area contributed by atoms with Gasteiger partial charge in [-0.2, -0.15) is 0 Å². The van der Waals surface area contributed by atoms with Crippen LogP contribution in [0.2, 0.25) is 0 Å². The van der Waals surface area contributed by atoms with Gasteiger partial charge in [-0.1, -0.05) is 164 Å². The number of rotatable bonds is 3. The number of hydrogen-bond acceptors (Lipinski definition) is 1. The molecule has 9 aromatic carbocycles. The van der Waals surface area contributed by atoms with E-state index in [9.17, 15) is 0 Å². The van der Waals surface area contributed by atoms with Crippen LogP contribution in [0.25, 0.3) is 54.9 Å². The normalized spacial score (nSPS) is 13.4. The van der Waals surface area contributed by atoms with Crippen LogP contribution in [0.5, 0.6) is 0 Å². The zero-order valence-corrected chi connectivity index (χ0v) is 30.8. The molecule has 0 saturated heterocycles. The molecule has 258 valence electrons. The molecule has 11 rings (SSSR count). The molecule has 0 N–H and O–H groups in total. The average Bonchev–Trinajstić information content (AvgIpc) is 3.52. The fraction of sp³-hybridized carbons (Fsp3) is 0.0556. The first-order valence-electron chi connectivity index (χ1n) is 19.2. The smallest absolute Gasteiger partial charge is 0.0788 e. The van der Waals surface area contributed by atoms with E-state index in [1.54, 1.807) is 0 Å². The van der Waals surface area contributed by atoms with Crippen LogP contribution in [0.1, 0.15) is 44.5 Å². The summed E-state index contributed by atoms with van der Waals surface area (Å²) in [6, 6.07) is 69.6. The monoisotopic (exact) mass is 699 g/mol. The predicted molar refractivity (Wildman–Crippen MR) is 231 cm³/mol. The van der Waals surface area contributed by atoms with Gasteiger partial charge >= 0.3 is 0 Å². The SMILES string of the molecule is Cc1ccc(-c2ccc3c(c2)C2(c4ccccc4C(=Nc4ccccc4)c4ccccc42)c2cc(-c4ccc(C)c5ccccc45)ccc2-3)c2ccccc12. The highest BCUT2D eigenvalue weighted by Gasteiger charge is 2.51. The number of aliphatic imine (C=N–C) groups is 1. The first-order valence-corrected chi connectivity index (χ1v) is 19.2. The van der Waals surface area contributed by atoms with Gasteiger partial charge in [0.05, 0.1) is 16.8 Å². The lowest BCUT2D eigenvalue weighted by Crippen LogP contribution is -2.36. The number of hydrogen-bond donors (Lipinski definition) is 0. The van der Waals surface area contributed by atoms with E-state index in [0.717, 1.165) is 11.4 Å². The van der Waals surface area contributed by atoms with Gasteiger partial charge in [0.15, 0.2) is 0 Å². The topological polar surface area (TPSA) is 12.4 Å². The van der Waals surface area contributed by atoms with E-state index in [2.05, 4.69) is 202 Å². The van der Waals surface area contributed by atoms with Crippen molar-refractivity contribution < 1.29 is 0 Å². The van der Waals surface area contributed by atoms with Crippen molar-refractivity contribution in [3.05, 3.63) is 233 Å². The molecule has 0 saturated carbocycles. The summed E-state index contributed by atoms with van der Waals surface area (Å²) in [7, 11) is 0. The van der Waals surface area contributed by atoms with Crippen molar-refractivity contribution in [2.75, 3.05) is 0 Å². The predicted octanol–water partition coefficient (Wildman–Crippen LogP) is 13.8. The van der Waals surface area contributed by atoms with E-state index >= 15 is 0 Å². The Hall–Kier alpha value is -6.83. The van der Waals surface area contributed by atoms with Gasteiger partial charge in [0.1, 0.15) is 0 Å². The van der Waals surface area contributed by atoms with Gasteiger partial charge in [0.25, 0.3) is 0 Å². The summed E-state index contributed by atoms with van der Waals surface area (Å²) in [5, 5.41) is 5.15. The molecule has 0 atom stereocenters. The molecule has 0 heterocycles. The molecule has 0 unspecified atom stereocenters. The number of fused-ring (bicyclic) bond motifs is 11. The summed E-state index contributed by atoms with van der Waals surface area (Å²) in [6.45, 7) is 4.42. The number of para-hydroxylation sites is 1. The van der Waals surface area contributed by atoms with Crippen LogP contribution in [0.15, 0.2) is 193 Å². The molecule has 0 aliphatic heterocycles. The lowest BCUT2D eigenvalue weighted by atomic mass is 9.61. The van der Waals surface area contributed by atoms with E-state index < -0.39 is 5.41 Å². The van der Waals surface area contributed by atoms with Crippen LogP contribution in [0.3, 0.4) is 0 Å². The minimum Gasteiger partial charge on any atom is -0.248 e. The van der Waals surface area contributed by atoms with Crippen molar-refractivity contribution in [2.45, 2.75) is 19.3 Å². The molecule has 2 aliphatic rings. The molecule has 1 nitrogen and oxygen atoms in total. The maximum atomic E-state index is 5.40. The zero-order valence-electron chi connectivity index (χ0n) is 30.8. The van der Waals surface area contributed by atoms with Gasteiger partial charge in [0, 0.05) is 11.1 Å². The van der Waals surface area contributed by atoms with Crippen LogP contribution in [-0.2, 0) is 5.41 Å². The van der Waals surface area contributed by atoms with Crippen molar-refractivity contribution in [3.8, 4) is 33.4 Å². The molecule has 1 spiro atoms. The molecule has 0 radical (unpaired) electrons. The summed E-state index contributed by atoms with van der Waals surface area (Å²) < 4.78 is 0. The minimum atomic E-state index is -0.583. The fourth-order valence-electron chi connectivity index (χ4n) is 9.72. The Labute approximate surface area is 321 Å². The second-order valence-electron chi connectivity index (χ2n) is 15.1. The molecule has 0 amide bonds.